The number of amides is 2. The molecule has 2 amide bonds. The number of carbonyl (C=O) groups is 3. The average Bonchev–Trinajstić information content (AvgIpc) is 3.14. The molecule has 3 N–H and O–H groups in total. The molecule has 0 saturated carbocycles. The quantitative estimate of drug-likeness (QED) is 0.481. The first-order chi connectivity index (χ1) is 16.3. The minimum absolute atomic E-state index is 0.00772. The molecule has 8 heteroatoms. The van der Waals surface area contributed by atoms with Gasteiger partial charge in [-0.15, -0.1) is 0 Å². The number of alkyl carbamates (subject to hydrolysis) is 1. The Hall–Kier alpha value is -4.20. The molecule has 34 heavy (non-hydrogen) atoms. The number of ether oxygens (including phenoxy) is 1. The molecule has 0 aliphatic heterocycles. The number of hydrogen-bond donors (Lipinski definition) is 3. The van der Waals surface area contributed by atoms with Gasteiger partial charge in [-0.05, 0) is 40.8 Å². The molecule has 1 aliphatic rings. The monoisotopic (exact) mass is 462 g/mol. The highest BCUT2D eigenvalue weighted by molar-refractivity contribution is 5.98. The molecular formula is C26H23FN2O5. The van der Waals surface area contributed by atoms with Crippen molar-refractivity contribution < 1.29 is 28.6 Å². The number of aliphatic carboxylic acids is 1. The van der Waals surface area contributed by atoms with E-state index >= 15 is 0 Å². The summed E-state index contributed by atoms with van der Waals surface area (Å²) >= 11 is 0. The maximum absolute atomic E-state index is 14.2. The third-order valence-corrected chi connectivity index (χ3v) is 5.78. The van der Waals surface area contributed by atoms with E-state index < -0.39 is 36.2 Å². The minimum atomic E-state index is -1.45. The number of fused-ring (bicyclic) bond motifs is 3. The molecule has 7 nitrogen and oxygen atoms in total. The zero-order valence-electron chi connectivity index (χ0n) is 18.4. The van der Waals surface area contributed by atoms with E-state index in [-0.39, 0.29) is 18.2 Å². The van der Waals surface area contributed by atoms with Gasteiger partial charge in [0, 0.05) is 5.92 Å². The van der Waals surface area contributed by atoms with E-state index in [0.717, 1.165) is 22.3 Å². The Morgan fingerprint density at radius 3 is 2.21 bits per heavy atom. The van der Waals surface area contributed by atoms with Crippen LogP contribution in [0, 0.1) is 12.7 Å². The van der Waals surface area contributed by atoms with Gasteiger partial charge >= 0.3 is 12.1 Å². The standard InChI is InChI=1S/C26H23FN2O5/c1-15-7-6-12-21(24(15)27)28-25(32)22(13-23(30)31)29-26(33)34-14-20-18-10-4-2-8-16(18)17-9-3-5-11-19(17)20/h2-12,20,22H,13-14H2,1H3,(H,28,32)(H,29,33)(H,30,31). The van der Waals surface area contributed by atoms with Crippen molar-refractivity contribution in [1.29, 1.82) is 0 Å². The Kier molecular flexibility index (Phi) is 6.58. The molecule has 3 aromatic rings. The molecule has 0 fully saturated rings. The summed E-state index contributed by atoms with van der Waals surface area (Å²) in [6, 6.07) is 18.7. The molecular weight excluding hydrogens is 439 g/mol. The lowest BCUT2D eigenvalue weighted by molar-refractivity contribution is -0.139. The largest absolute Gasteiger partial charge is 0.481 e. The lowest BCUT2D eigenvalue weighted by atomic mass is 9.98. The van der Waals surface area contributed by atoms with Gasteiger partial charge in [0.15, 0.2) is 0 Å². The Morgan fingerprint density at radius 2 is 1.59 bits per heavy atom. The van der Waals surface area contributed by atoms with Crippen LogP contribution in [0.1, 0.15) is 29.0 Å². The highest BCUT2D eigenvalue weighted by Crippen LogP contribution is 2.44. The molecule has 3 aromatic carbocycles. The fourth-order valence-electron chi connectivity index (χ4n) is 4.13. The number of carboxylic acids is 1. The van der Waals surface area contributed by atoms with Crippen LogP contribution in [-0.2, 0) is 14.3 Å². The van der Waals surface area contributed by atoms with Gasteiger partial charge in [0.25, 0.3) is 0 Å². The third kappa shape index (κ3) is 4.76. The van der Waals surface area contributed by atoms with Crippen LogP contribution in [-0.4, -0.2) is 35.7 Å². The van der Waals surface area contributed by atoms with Crippen molar-refractivity contribution in [3.8, 4) is 11.1 Å². The lowest BCUT2D eigenvalue weighted by Gasteiger charge is -2.19. The molecule has 0 radical (unpaired) electrons. The highest BCUT2D eigenvalue weighted by atomic mass is 19.1. The van der Waals surface area contributed by atoms with E-state index in [4.69, 9.17) is 4.74 Å². The van der Waals surface area contributed by atoms with E-state index in [2.05, 4.69) is 10.6 Å². The third-order valence-electron chi connectivity index (χ3n) is 5.78. The predicted octanol–water partition coefficient (Wildman–Crippen LogP) is 4.45. The van der Waals surface area contributed by atoms with Crippen LogP contribution in [0.15, 0.2) is 66.7 Å². The lowest BCUT2D eigenvalue weighted by Crippen LogP contribution is -2.45. The van der Waals surface area contributed by atoms with Crippen LogP contribution in [0.3, 0.4) is 0 Å². The number of nitrogens with one attached hydrogen (secondary N) is 2. The summed E-state index contributed by atoms with van der Waals surface area (Å²) in [6.45, 7) is 1.54. The average molecular weight is 462 g/mol. The Morgan fingerprint density at radius 1 is 0.971 bits per heavy atom. The van der Waals surface area contributed by atoms with Crippen molar-refractivity contribution in [1.82, 2.24) is 5.32 Å². The number of halogens is 1. The van der Waals surface area contributed by atoms with Crippen molar-refractivity contribution in [3.63, 3.8) is 0 Å². The fraction of sp³-hybridized carbons (Fsp3) is 0.192. The van der Waals surface area contributed by atoms with Gasteiger partial charge in [0.1, 0.15) is 18.5 Å². The molecule has 1 aliphatic carbocycles. The number of carboxylic acid groups (broad SMARTS) is 1. The molecule has 1 atom stereocenters. The SMILES string of the molecule is Cc1cccc(NC(=O)C(CC(=O)O)NC(=O)OCC2c3ccccc3-c3ccccc32)c1F. The van der Waals surface area contributed by atoms with Crippen LogP contribution < -0.4 is 10.6 Å². The maximum atomic E-state index is 14.2. The summed E-state index contributed by atoms with van der Waals surface area (Å²) in [5.74, 6) is -2.98. The zero-order valence-corrected chi connectivity index (χ0v) is 18.4. The van der Waals surface area contributed by atoms with E-state index in [1.54, 1.807) is 6.07 Å². The molecule has 0 spiro atoms. The van der Waals surface area contributed by atoms with Crippen LogP contribution in [0.2, 0.25) is 0 Å². The minimum Gasteiger partial charge on any atom is -0.481 e. The first-order valence-electron chi connectivity index (χ1n) is 10.7. The van der Waals surface area contributed by atoms with Gasteiger partial charge in [-0.25, -0.2) is 9.18 Å². The molecule has 0 bridgehead atoms. The van der Waals surface area contributed by atoms with Crippen molar-refractivity contribution in [2.75, 3.05) is 11.9 Å². The second kappa shape index (κ2) is 9.74. The summed E-state index contributed by atoms with van der Waals surface area (Å²) < 4.78 is 19.6. The molecule has 174 valence electrons. The summed E-state index contributed by atoms with van der Waals surface area (Å²) in [5, 5.41) is 13.8. The summed E-state index contributed by atoms with van der Waals surface area (Å²) in [7, 11) is 0. The fourth-order valence-corrected chi connectivity index (χ4v) is 4.13. The van der Waals surface area contributed by atoms with Crippen LogP contribution >= 0.6 is 0 Å². The Balaban J connectivity index is 1.44. The van der Waals surface area contributed by atoms with E-state index in [0.29, 0.717) is 5.56 Å². The van der Waals surface area contributed by atoms with Crippen molar-refractivity contribution in [2.45, 2.75) is 25.3 Å². The van der Waals surface area contributed by atoms with Crippen molar-refractivity contribution >= 4 is 23.7 Å². The van der Waals surface area contributed by atoms with Gasteiger partial charge in [0.05, 0.1) is 12.1 Å². The highest BCUT2D eigenvalue weighted by Gasteiger charge is 2.30. The summed E-state index contributed by atoms with van der Waals surface area (Å²) in [4.78, 5) is 36.4. The van der Waals surface area contributed by atoms with Crippen molar-refractivity contribution in [3.05, 3.63) is 89.2 Å². The van der Waals surface area contributed by atoms with E-state index in [1.807, 2.05) is 48.5 Å². The molecule has 0 aromatic heterocycles. The van der Waals surface area contributed by atoms with Crippen LogP contribution in [0.4, 0.5) is 14.9 Å². The maximum Gasteiger partial charge on any atom is 0.407 e. The number of anilines is 1. The topological polar surface area (TPSA) is 105 Å². The summed E-state index contributed by atoms with van der Waals surface area (Å²) in [6.07, 6.45) is -1.63. The number of hydrogen-bond acceptors (Lipinski definition) is 4. The first kappa shape index (κ1) is 23.0. The predicted molar refractivity (Wildman–Crippen MR) is 124 cm³/mol. The number of rotatable bonds is 7. The Labute approximate surface area is 195 Å². The molecule has 1 unspecified atom stereocenters. The second-order valence-electron chi connectivity index (χ2n) is 8.05. The van der Waals surface area contributed by atoms with Gasteiger partial charge in [-0.1, -0.05) is 60.7 Å². The van der Waals surface area contributed by atoms with Crippen LogP contribution in [0.25, 0.3) is 11.1 Å². The Bertz CT molecular complexity index is 1210. The molecule has 4 rings (SSSR count). The number of aryl methyl sites for hydroxylation is 1. The van der Waals surface area contributed by atoms with Gasteiger partial charge in [-0.3, -0.25) is 9.59 Å². The first-order valence-corrected chi connectivity index (χ1v) is 10.7. The van der Waals surface area contributed by atoms with Gasteiger partial charge in [-0.2, -0.15) is 0 Å². The van der Waals surface area contributed by atoms with E-state index in [1.165, 1.54) is 19.1 Å². The molecule has 0 heterocycles. The van der Waals surface area contributed by atoms with Crippen molar-refractivity contribution in [2.24, 2.45) is 0 Å². The number of carbonyl (C=O) groups excluding carboxylic acids is 2. The smallest absolute Gasteiger partial charge is 0.407 e. The summed E-state index contributed by atoms with van der Waals surface area (Å²) in [5.41, 5.74) is 4.38. The second-order valence-corrected chi connectivity index (χ2v) is 8.05. The van der Waals surface area contributed by atoms with Gasteiger partial charge < -0.3 is 20.5 Å². The number of benzene rings is 3. The molecule has 0 saturated heterocycles. The normalized spacial score (nSPS) is 12.9. The van der Waals surface area contributed by atoms with Gasteiger partial charge in [0.2, 0.25) is 5.91 Å². The zero-order chi connectivity index (χ0) is 24.2. The van der Waals surface area contributed by atoms with Crippen LogP contribution in [0.5, 0.6) is 0 Å². The van der Waals surface area contributed by atoms with E-state index in [9.17, 15) is 23.9 Å².